The molecule has 1 aromatic carbocycles. The van der Waals surface area contributed by atoms with E-state index < -0.39 is 0 Å². The number of fused-ring (bicyclic) bond motifs is 1. The van der Waals surface area contributed by atoms with Crippen LogP contribution < -0.4 is 15.6 Å². The zero-order valence-electron chi connectivity index (χ0n) is 13.3. The summed E-state index contributed by atoms with van der Waals surface area (Å²) >= 11 is 0. The molecule has 0 atom stereocenters. The minimum Gasteiger partial charge on any atom is -0.497 e. The molecule has 0 aliphatic rings. The van der Waals surface area contributed by atoms with Crippen LogP contribution in [-0.2, 0) is 0 Å². The van der Waals surface area contributed by atoms with E-state index in [4.69, 9.17) is 4.74 Å². The molecule has 2 aromatic heterocycles. The summed E-state index contributed by atoms with van der Waals surface area (Å²) < 4.78 is 6.80. The van der Waals surface area contributed by atoms with Crippen LogP contribution >= 0.6 is 0 Å². The Kier molecular flexibility index (Phi) is 3.97. The second-order valence-corrected chi connectivity index (χ2v) is 5.46. The van der Waals surface area contributed by atoms with Crippen molar-refractivity contribution in [2.24, 2.45) is 0 Å². The van der Waals surface area contributed by atoms with Crippen molar-refractivity contribution < 1.29 is 4.74 Å². The predicted molar refractivity (Wildman–Crippen MR) is 90.5 cm³/mol. The molecule has 118 valence electrons. The SMILES string of the molecule is COc1ccc(Nc2ncc3ccc(=O)n(C(C)C)c3n2)cc1. The monoisotopic (exact) mass is 310 g/mol. The molecule has 0 saturated heterocycles. The van der Waals surface area contributed by atoms with Gasteiger partial charge in [0.15, 0.2) is 0 Å². The minimum atomic E-state index is -0.0680. The Morgan fingerprint density at radius 2 is 1.87 bits per heavy atom. The summed E-state index contributed by atoms with van der Waals surface area (Å²) in [5.74, 6) is 1.23. The molecule has 23 heavy (non-hydrogen) atoms. The quantitative estimate of drug-likeness (QED) is 0.802. The van der Waals surface area contributed by atoms with Crippen molar-refractivity contribution >= 4 is 22.7 Å². The van der Waals surface area contributed by atoms with Crippen molar-refractivity contribution in [2.75, 3.05) is 12.4 Å². The first kappa shape index (κ1) is 15.0. The number of nitrogens with one attached hydrogen (secondary N) is 1. The van der Waals surface area contributed by atoms with Gasteiger partial charge in [-0.1, -0.05) is 0 Å². The Morgan fingerprint density at radius 1 is 1.13 bits per heavy atom. The van der Waals surface area contributed by atoms with E-state index in [0.29, 0.717) is 11.6 Å². The van der Waals surface area contributed by atoms with Gasteiger partial charge < -0.3 is 10.1 Å². The molecule has 0 spiro atoms. The van der Waals surface area contributed by atoms with Crippen LogP contribution in [-0.4, -0.2) is 21.6 Å². The molecule has 1 N–H and O–H groups in total. The van der Waals surface area contributed by atoms with Gasteiger partial charge in [-0.15, -0.1) is 0 Å². The van der Waals surface area contributed by atoms with E-state index in [1.54, 1.807) is 30.0 Å². The fourth-order valence-electron chi connectivity index (χ4n) is 2.40. The van der Waals surface area contributed by atoms with Crippen molar-refractivity contribution in [1.82, 2.24) is 14.5 Å². The third-order valence-corrected chi connectivity index (χ3v) is 3.53. The summed E-state index contributed by atoms with van der Waals surface area (Å²) in [5, 5.41) is 3.97. The Balaban J connectivity index is 2.01. The van der Waals surface area contributed by atoms with Crippen LogP contribution in [0, 0.1) is 0 Å². The molecule has 0 fully saturated rings. The molecule has 0 unspecified atom stereocenters. The average Bonchev–Trinajstić information content (AvgIpc) is 2.55. The van der Waals surface area contributed by atoms with Gasteiger partial charge in [0, 0.05) is 29.4 Å². The van der Waals surface area contributed by atoms with Gasteiger partial charge >= 0.3 is 0 Å². The smallest absolute Gasteiger partial charge is 0.252 e. The number of aromatic nitrogens is 3. The predicted octanol–water partition coefficient (Wildman–Crippen LogP) is 3.12. The second-order valence-electron chi connectivity index (χ2n) is 5.46. The highest BCUT2D eigenvalue weighted by Crippen LogP contribution is 2.19. The van der Waals surface area contributed by atoms with Crippen molar-refractivity contribution in [1.29, 1.82) is 0 Å². The molecule has 0 amide bonds. The highest BCUT2D eigenvalue weighted by Gasteiger charge is 2.09. The van der Waals surface area contributed by atoms with E-state index in [2.05, 4.69) is 15.3 Å². The van der Waals surface area contributed by atoms with Gasteiger partial charge in [-0.3, -0.25) is 9.36 Å². The largest absolute Gasteiger partial charge is 0.497 e. The molecule has 6 nitrogen and oxygen atoms in total. The van der Waals surface area contributed by atoms with Gasteiger partial charge in [-0.2, -0.15) is 4.98 Å². The molecule has 0 bridgehead atoms. The molecule has 2 heterocycles. The molecule has 0 radical (unpaired) electrons. The van der Waals surface area contributed by atoms with E-state index in [9.17, 15) is 4.79 Å². The lowest BCUT2D eigenvalue weighted by molar-refractivity contribution is 0.415. The lowest BCUT2D eigenvalue weighted by atomic mass is 10.3. The van der Waals surface area contributed by atoms with Crippen LogP contribution in [0.25, 0.3) is 11.0 Å². The number of pyridine rings is 1. The van der Waals surface area contributed by atoms with Crippen molar-refractivity contribution in [3.63, 3.8) is 0 Å². The Labute approximate surface area is 133 Å². The van der Waals surface area contributed by atoms with E-state index in [-0.39, 0.29) is 11.6 Å². The summed E-state index contributed by atoms with van der Waals surface area (Å²) in [6.45, 7) is 3.92. The van der Waals surface area contributed by atoms with Crippen LogP contribution in [0.5, 0.6) is 5.75 Å². The van der Waals surface area contributed by atoms with Gasteiger partial charge in [-0.25, -0.2) is 4.98 Å². The Bertz CT molecular complexity index is 885. The van der Waals surface area contributed by atoms with Crippen molar-refractivity contribution in [3.05, 3.63) is 52.9 Å². The van der Waals surface area contributed by atoms with E-state index in [1.165, 1.54) is 0 Å². The third-order valence-electron chi connectivity index (χ3n) is 3.53. The molecule has 0 aliphatic heterocycles. The number of ether oxygens (including phenoxy) is 1. The minimum absolute atomic E-state index is 0.0231. The highest BCUT2D eigenvalue weighted by molar-refractivity contribution is 5.75. The van der Waals surface area contributed by atoms with E-state index in [1.807, 2.05) is 38.1 Å². The number of methoxy groups -OCH3 is 1. The number of anilines is 2. The summed E-state index contributed by atoms with van der Waals surface area (Å²) in [5.41, 5.74) is 1.40. The lowest BCUT2D eigenvalue weighted by Gasteiger charge is -2.13. The van der Waals surface area contributed by atoms with Gasteiger partial charge in [0.2, 0.25) is 5.95 Å². The lowest BCUT2D eigenvalue weighted by Crippen LogP contribution is -2.22. The van der Waals surface area contributed by atoms with Gasteiger partial charge in [0.25, 0.3) is 5.56 Å². The fourth-order valence-corrected chi connectivity index (χ4v) is 2.40. The maximum Gasteiger partial charge on any atom is 0.252 e. The molecular weight excluding hydrogens is 292 g/mol. The number of benzene rings is 1. The van der Waals surface area contributed by atoms with Gasteiger partial charge in [0.1, 0.15) is 11.4 Å². The Hall–Kier alpha value is -2.89. The average molecular weight is 310 g/mol. The standard InChI is InChI=1S/C17H18N4O2/c1-11(2)21-15(22)9-4-12-10-18-17(20-16(12)21)19-13-5-7-14(23-3)8-6-13/h4-11H,1-3H3,(H,18,19,20). The highest BCUT2D eigenvalue weighted by atomic mass is 16.5. The number of rotatable bonds is 4. The van der Waals surface area contributed by atoms with Crippen LogP contribution in [0.4, 0.5) is 11.6 Å². The van der Waals surface area contributed by atoms with Gasteiger partial charge in [-0.05, 0) is 44.2 Å². The number of nitrogens with zero attached hydrogens (tertiary/aromatic N) is 3. The maximum atomic E-state index is 12.1. The fraction of sp³-hybridized carbons (Fsp3) is 0.235. The van der Waals surface area contributed by atoms with E-state index in [0.717, 1.165) is 16.8 Å². The summed E-state index contributed by atoms with van der Waals surface area (Å²) in [6, 6.07) is 10.8. The molecular formula is C17H18N4O2. The van der Waals surface area contributed by atoms with E-state index >= 15 is 0 Å². The molecule has 6 heteroatoms. The number of hydrogen-bond donors (Lipinski definition) is 1. The zero-order chi connectivity index (χ0) is 16.4. The van der Waals surface area contributed by atoms with Crippen molar-refractivity contribution in [2.45, 2.75) is 19.9 Å². The van der Waals surface area contributed by atoms with Crippen LogP contribution in [0.15, 0.2) is 47.4 Å². The zero-order valence-corrected chi connectivity index (χ0v) is 13.3. The topological polar surface area (TPSA) is 69.0 Å². The van der Waals surface area contributed by atoms with Crippen LogP contribution in [0.1, 0.15) is 19.9 Å². The summed E-state index contributed by atoms with van der Waals surface area (Å²) in [6.07, 6.45) is 1.71. The number of hydrogen-bond acceptors (Lipinski definition) is 5. The Morgan fingerprint density at radius 3 is 2.52 bits per heavy atom. The van der Waals surface area contributed by atoms with Crippen LogP contribution in [0.3, 0.4) is 0 Å². The molecule has 0 aliphatic carbocycles. The third kappa shape index (κ3) is 3.01. The summed E-state index contributed by atoms with van der Waals surface area (Å²) in [4.78, 5) is 20.9. The first-order chi connectivity index (χ1) is 11.1. The first-order valence-corrected chi connectivity index (χ1v) is 7.38. The molecule has 3 rings (SSSR count). The van der Waals surface area contributed by atoms with Crippen molar-refractivity contribution in [3.8, 4) is 5.75 Å². The first-order valence-electron chi connectivity index (χ1n) is 7.38. The second kappa shape index (κ2) is 6.08. The maximum absolute atomic E-state index is 12.1. The van der Waals surface area contributed by atoms with Crippen LogP contribution in [0.2, 0.25) is 0 Å². The normalized spacial score (nSPS) is 11.0. The van der Waals surface area contributed by atoms with Gasteiger partial charge in [0.05, 0.1) is 7.11 Å². The molecule has 3 aromatic rings. The summed E-state index contributed by atoms with van der Waals surface area (Å²) in [7, 11) is 1.63. The molecule has 0 saturated carbocycles.